The minimum absolute atomic E-state index is 0.0620. The number of rotatable bonds is 6. The number of carbonyl (C=O) groups is 2. The van der Waals surface area contributed by atoms with Crippen LogP contribution >= 0.6 is 0 Å². The number of aromatic nitrogens is 3. The highest BCUT2D eigenvalue weighted by atomic mass is 16.5. The Bertz CT molecular complexity index is 936. The third-order valence-corrected chi connectivity index (χ3v) is 5.50. The fourth-order valence-electron chi connectivity index (χ4n) is 4.24. The van der Waals surface area contributed by atoms with Gasteiger partial charge < -0.3 is 14.4 Å². The van der Waals surface area contributed by atoms with E-state index in [1.165, 1.54) is 0 Å². The number of nitrogens with one attached hydrogen (secondary N) is 1. The van der Waals surface area contributed by atoms with Gasteiger partial charge >= 0.3 is 0 Å². The lowest BCUT2D eigenvalue weighted by Crippen LogP contribution is -2.30. The van der Waals surface area contributed by atoms with Crippen molar-refractivity contribution >= 4 is 11.7 Å². The van der Waals surface area contributed by atoms with Crippen LogP contribution in [-0.2, 0) is 24.2 Å². The van der Waals surface area contributed by atoms with E-state index < -0.39 is 0 Å². The van der Waals surface area contributed by atoms with E-state index in [1.54, 1.807) is 6.92 Å². The summed E-state index contributed by atoms with van der Waals surface area (Å²) in [5, 5.41) is 6.69. The lowest BCUT2D eigenvalue weighted by molar-refractivity contribution is -0.121. The lowest BCUT2D eigenvalue weighted by atomic mass is 9.75. The molecule has 2 aromatic rings. The molecule has 7 heteroatoms. The summed E-state index contributed by atoms with van der Waals surface area (Å²) in [6.07, 6.45) is 1.53. The summed E-state index contributed by atoms with van der Waals surface area (Å²) in [5.41, 5.74) is 3.66. The number of hydrogen-bond acceptors (Lipinski definition) is 5. The maximum atomic E-state index is 13.0. The first kappa shape index (κ1) is 21.3. The second kappa shape index (κ2) is 7.76. The molecule has 1 N–H and O–H groups in total. The molecule has 2 heterocycles. The van der Waals surface area contributed by atoms with Crippen molar-refractivity contribution in [1.82, 2.24) is 20.0 Å². The average Bonchev–Trinajstić information content (AvgIpc) is 3.11. The zero-order valence-corrected chi connectivity index (χ0v) is 18.5. The van der Waals surface area contributed by atoms with Crippen molar-refractivity contribution in [2.75, 3.05) is 0 Å². The van der Waals surface area contributed by atoms with Crippen LogP contribution in [0.3, 0.4) is 0 Å². The van der Waals surface area contributed by atoms with Crippen molar-refractivity contribution in [2.24, 2.45) is 11.3 Å². The molecule has 0 bridgehead atoms. The van der Waals surface area contributed by atoms with Gasteiger partial charge in [-0.05, 0) is 44.1 Å². The van der Waals surface area contributed by atoms with Crippen LogP contribution in [0.15, 0.2) is 4.52 Å². The Labute approximate surface area is 172 Å². The predicted octanol–water partition coefficient (Wildman–Crippen LogP) is 3.72. The standard InChI is InChI=1S/C22H32N4O3/c1-12(2)11-26-14(4)16(20-17(26)9-22(6,7)10-18(20)27)8-19(28)23-13(3)21-24-15(5)25-29-21/h12-13H,8-11H2,1-7H3,(H,23,28)/t13-/m1/s1. The van der Waals surface area contributed by atoms with Crippen LogP contribution < -0.4 is 5.32 Å². The van der Waals surface area contributed by atoms with Gasteiger partial charge in [0.2, 0.25) is 11.8 Å². The molecule has 0 saturated carbocycles. The van der Waals surface area contributed by atoms with Crippen molar-refractivity contribution in [3.63, 3.8) is 0 Å². The van der Waals surface area contributed by atoms with E-state index in [0.29, 0.717) is 24.1 Å². The second-order valence-electron chi connectivity index (χ2n) is 9.48. The molecular formula is C22H32N4O3. The minimum atomic E-state index is -0.382. The maximum absolute atomic E-state index is 13.0. The normalized spacial score (nSPS) is 16.8. The predicted molar refractivity (Wildman–Crippen MR) is 110 cm³/mol. The number of Topliss-reactive ketones (excluding diaryl/α,β-unsaturated/α-hetero) is 1. The summed E-state index contributed by atoms with van der Waals surface area (Å²) in [7, 11) is 0. The topological polar surface area (TPSA) is 90.0 Å². The molecule has 158 valence electrons. The molecule has 1 aliphatic rings. The Morgan fingerprint density at radius 3 is 2.52 bits per heavy atom. The van der Waals surface area contributed by atoms with Gasteiger partial charge in [-0.15, -0.1) is 0 Å². The van der Waals surface area contributed by atoms with E-state index in [1.807, 2.05) is 13.8 Å². The molecule has 2 aromatic heterocycles. The fraction of sp³-hybridized carbons (Fsp3) is 0.636. The molecule has 0 aliphatic heterocycles. The molecule has 0 spiro atoms. The van der Waals surface area contributed by atoms with Crippen molar-refractivity contribution < 1.29 is 14.1 Å². The monoisotopic (exact) mass is 400 g/mol. The van der Waals surface area contributed by atoms with E-state index >= 15 is 0 Å². The van der Waals surface area contributed by atoms with Crippen molar-refractivity contribution in [3.05, 3.63) is 34.2 Å². The molecule has 29 heavy (non-hydrogen) atoms. The smallest absolute Gasteiger partial charge is 0.248 e. The van der Waals surface area contributed by atoms with E-state index in [2.05, 4.69) is 47.7 Å². The first-order chi connectivity index (χ1) is 13.5. The SMILES string of the molecule is Cc1noc([C@@H](C)NC(=O)Cc2c3c(n(CC(C)C)c2C)CC(C)(C)CC3=O)n1. The maximum Gasteiger partial charge on any atom is 0.248 e. The van der Waals surface area contributed by atoms with Crippen LogP contribution in [0.1, 0.15) is 86.1 Å². The highest BCUT2D eigenvalue weighted by Gasteiger charge is 2.37. The highest BCUT2D eigenvalue weighted by molar-refractivity contribution is 6.01. The molecule has 0 radical (unpaired) electrons. The van der Waals surface area contributed by atoms with E-state index in [-0.39, 0.29) is 29.6 Å². The van der Waals surface area contributed by atoms with Crippen LogP contribution in [0.5, 0.6) is 0 Å². The molecule has 3 rings (SSSR count). The molecule has 0 saturated heterocycles. The van der Waals surface area contributed by atoms with Gasteiger partial charge in [-0.1, -0.05) is 32.9 Å². The van der Waals surface area contributed by atoms with E-state index in [0.717, 1.165) is 35.5 Å². The number of nitrogens with zero attached hydrogens (tertiary/aromatic N) is 3. The zero-order valence-electron chi connectivity index (χ0n) is 18.5. The quantitative estimate of drug-likeness (QED) is 0.798. The van der Waals surface area contributed by atoms with Crippen molar-refractivity contribution in [3.8, 4) is 0 Å². The van der Waals surface area contributed by atoms with Gasteiger partial charge in [0.15, 0.2) is 11.6 Å². The number of fused-ring (bicyclic) bond motifs is 1. The van der Waals surface area contributed by atoms with E-state index in [4.69, 9.17) is 4.52 Å². The molecule has 1 atom stereocenters. The summed E-state index contributed by atoms with van der Waals surface area (Å²) in [6, 6.07) is -0.382. The number of amides is 1. The zero-order chi connectivity index (χ0) is 21.5. The number of ketones is 1. The third-order valence-electron chi connectivity index (χ3n) is 5.50. The van der Waals surface area contributed by atoms with Crippen molar-refractivity contribution in [2.45, 2.75) is 80.3 Å². The number of aryl methyl sites for hydroxylation is 1. The minimum Gasteiger partial charge on any atom is -0.348 e. The molecule has 0 fully saturated rings. The second-order valence-corrected chi connectivity index (χ2v) is 9.48. The Hall–Kier alpha value is -2.44. The largest absolute Gasteiger partial charge is 0.348 e. The fourth-order valence-corrected chi connectivity index (χ4v) is 4.24. The van der Waals surface area contributed by atoms with Crippen LogP contribution in [0.4, 0.5) is 0 Å². The Kier molecular flexibility index (Phi) is 5.70. The van der Waals surface area contributed by atoms with E-state index in [9.17, 15) is 9.59 Å². The third kappa shape index (κ3) is 4.43. The Balaban J connectivity index is 1.90. The van der Waals surface area contributed by atoms with Gasteiger partial charge in [0, 0.05) is 29.9 Å². The van der Waals surface area contributed by atoms with Gasteiger partial charge in [-0.25, -0.2) is 0 Å². The van der Waals surface area contributed by atoms with Crippen molar-refractivity contribution in [1.29, 1.82) is 0 Å². The summed E-state index contributed by atoms with van der Waals surface area (Å²) in [4.78, 5) is 30.0. The molecule has 0 unspecified atom stereocenters. The summed E-state index contributed by atoms with van der Waals surface area (Å²) < 4.78 is 7.40. The summed E-state index contributed by atoms with van der Waals surface area (Å²) in [6.45, 7) is 15.0. The van der Waals surface area contributed by atoms with Gasteiger partial charge in [0.1, 0.15) is 6.04 Å². The summed E-state index contributed by atoms with van der Waals surface area (Å²) >= 11 is 0. The van der Waals surface area contributed by atoms with Crippen LogP contribution in [0.25, 0.3) is 0 Å². The summed E-state index contributed by atoms with van der Waals surface area (Å²) in [5.74, 6) is 1.35. The van der Waals surface area contributed by atoms with Crippen LogP contribution in [0, 0.1) is 25.2 Å². The Morgan fingerprint density at radius 1 is 1.24 bits per heavy atom. The van der Waals surface area contributed by atoms with Gasteiger partial charge in [0.05, 0.1) is 6.42 Å². The molecular weight excluding hydrogens is 368 g/mol. The van der Waals surface area contributed by atoms with Gasteiger partial charge in [0.25, 0.3) is 0 Å². The molecule has 1 amide bonds. The van der Waals surface area contributed by atoms with Crippen LogP contribution in [-0.4, -0.2) is 26.4 Å². The first-order valence-corrected chi connectivity index (χ1v) is 10.3. The lowest BCUT2D eigenvalue weighted by Gasteiger charge is -2.30. The highest BCUT2D eigenvalue weighted by Crippen LogP contribution is 2.39. The molecule has 1 aliphatic carbocycles. The van der Waals surface area contributed by atoms with Gasteiger partial charge in [-0.3, -0.25) is 9.59 Å². The molecule has 7 nitrogen and oxygen atoms in total. The average molecular weight is 401 g/mol. The number of hydrogen-bond donors (Lipinski definition) is 1. The Morgan fingerprint density at radius 2 is 1.93 bits per heavy atom. The molecule has 0 aromatic carbocycles. The first-order valence-electron chi connectivity index (χ1n) is 10.3. The van der Waals surface area contributed by atoms with Crippen LogP contribution in [0.2, 0.25) is 0 Å². The number of carbonyl (C=O) groups excluding carboxylic acids is 2. The van der Waals surface area contributed by atoms with Gasteiger partial charge in [-0.2, -0.15) is 4.98 Å².